The lowest BCUT2D eigenvalue weighted by Crippen LogP contribution is -2.29. The van der Waals surface area contributed by atoms with Crippen molar-refractivity contribution in [1.82, 2.24) is 14.7 Å². The molecule has 0 spiro atoms. The van der Waals surface area contributed by atoms with Gasteiger partial charge in [0.1, 0.15) is 0 Å². The van der Waals surface area contributed by atoms with Gasteiger partial charge in [-0.1, -0.05) is 29.3 Å². The molecule has 0 saturated heterocycles. The summed E-state index contributed by atoms with van der Waals surface area (Å²) in [5, 5.41) is 10.5. The van der Waals surface area contributed by atoms with E-state index < -0.39 is 16.1 Å². The maximum Gasteiger partial charge on any atom is 0.257 e. The molecule has 1 aromatic carbocycles. The van der Waals surface area contributed by atoms with E-state index in [4.69, 9.17) is 23.2 Å². The smallest absolute Gasteiger partial charge is 0.257 e. The Labute approximate surface area is 125 Å². The third kappa shape index (κ3) is 3.31. The Kier molecular flexibility index (Phi) is 4.66. The van der Waals surface area contributed by atoms with Crippen LogP contribution in [-0.4, -0.2) is 30.0 Å². The summed E-state index contributed by atoms with van der Waals surface area (Å²) < 4.78 is 25.9. The summed E-state index contributed by atoms with van der Waals surface area (Å²) in [6.07, 6.45) is 1.25. The Hall–Kier alpha value is -1.12. The molecule has 3 N–H and O–H groups in total. The number of nitrogens with zero attached hydrogens (tertiary/aromatic N) is 1. The number of aromatic nitrogens is 2. The van der Waals surface area contributed by atoms with Gasteiger partial charge in [-0.15, -0.1) is 0 Å². The van der Waals surface area contributed by atoms with E-state index in [1.807, 2.05) is 0 Å². The molecule has 1 aromatic heterocycles. The van der Waals surface area contributed by atoms with Crippen molar-refractivity contribution in [2.24, 2.45) is 0 Å². The maximum atomic E-state index is 11.8. The summed E-state index contributed by atoms with van der Waals surface area (Å²) in [7, 11) is -3.76. The number of halogens is 2. The number of hydrogen-bond donors (Lipinski definition) is 3. The lowest BCUT2D eigenvalue weighted by molar-refractivity contribution is 0.182. The number of aliphatic hydroxyl groups excluding tert-OH is 1. The van der Waals surface area contributed by atoms with Gasteiger partial charge in [0, 0.05) is 22.2 Å². The normalized spacial score (nSPS) is 13.3. The lowest BCUT2D eigenvalue weighted by atomic mass is 10.1. The number of sulfonamides is 1. The first-order valence-corrected chi connectivity index (χ1v) is 7.76. The van der Waals surface area contributed by atoms with Gasteiger partial charge in [0.05, 0.1) is 18.6 Å². The van der Waals surface area contributed by atoms with Crippen molar-refractivity contribution in [3.05, 3.63) is 46.3 Å². The molecule has 1 heterocycles. The Bertz CT molecular complexity index is 669. The molecule has 0 aliphatic carbocycles. The minimum atomic E-state index is -3.76. The molecule has 6 nitrogen and oxygen atoms in total. The third-order valence-electron chi connectivity index (χ3n) is 2.56. The van der Waals surface area contributed by atoms with E-state index in [0.29, 0.717) is 0 Å². The molecule has 0 fully saturated rings. The van der Waals surface area contributed by atoms with Gasteiger partial charge in [-0.3, -0.25) is 0 Å². The second kappa shape index (κ2) is 6.11. The fraction of sp³-hybridized carbons (Fsp3) is 0.182. The van der Waals surface area contributed by atoms with Gasteiger partial charge in [0.15, 0.2) is 5.03 Å². The van der Waals surface area contributed by atoms with Gasteiger partial charge < -0.3 is 10.1 Å². The second-order valence-electron chi connectivity index (χ2n) is 3.92. The molecule has 108 valence electrons. The summed E-state index contributed by atoms with van der Waals surface area (Å²) in [5.74, 6) is 0. The summed E-state index contributed by atoms with van der Waals surface area (Å²) in [6.45, 7) is -0.259. The van der Waals surface area contributed by atoms with Crippen molar-refractivity contribution in [2.75, 3.05) is 6.54 Å². The monoisotopic (exact) mass is 335 g/mol. The zero-order chi connectivity index (χ0) is 14.8. The van der Waals surface area contributed by atoms with E-state index in [1.54, 1.807) is 18.2 Å². The molecule has 1 unspecified atom stereocenters. The van der Waals surface area contributed by atoms with Crippen LogP contribution in [0, 0.1) is 0 Å². The number of benzene rings is 1. The molecule has 0 bridgehead atoms. The molecule has 0 amide bonds. The fourth-order valence-electron chi connectivity index (χ4n) is 1.59. The Morgan fingerprint density at radius 1 is 1.35 bits per heavy atom. The molecule has 0 saturated carbocycles. The van der Waals surface area contributed by atoms with Crippen molar-refractivity contribution in [3.8, 4) is 0 Å². The number of imidazole rings is 1. The summed E-state index contributed by atoms with van der Waals surface area (Å²) >= 11 is 11.9. The van der Waals surface area contributed by atoms with Crippen LogP contribution in [0.3, 0.4) is 0 Å². The Morgan fingerprint density at radius 3 is 2.55 bits per heavy atom. The zero-order valence-corrected chi connectivity index (χ0v) is 12.4. The number of aliphatic hydroxyl groups is 1. The molecule has 0 aliphatic rings. The molecular formula is C11H11Cl2N3O3S. The Balaban J connectivity index is 2.12. The summed E-state index contributed by atoms with van der Waals surface area (Å²) in [4.78, 5) is 6.09. The number of nitrogens with one attached hydrogen (secondary N) is 2. The second-order valence-corrected chi connectivity index (χ2v) is 6.47. The molecule has 20 heavy (non-hydrogen) atoms. The maximum absolute atomic E-state index is 11.8. The lowest BCUT2D eigenvalue weighted by Gasteiger charge is -2.14. The molecular weight excluding hydrogens is 325 g/mol. The van der Waals surface area contributed by atoms with Crippen LogP contribution in [0.4, 0.5) is 0 Å². The molecule has 9 heteroatoms. The minimum absolute atomic E-state index is 0.0880. The summed E-state index contributed by atoms with van der Waals surface area (Å²) in [6, 6.07) is 4.76. The predicted octanol–water partition coefficient (Wildman–Crippen LogP) is 1.73. The predicted molar refractivity (Wildman–Crippen MR) is 75.2 cm³/mol. The molecule has 2 aromatic rings. The molecule has 0 aliphatic heterocycles. The van der Waals surface area contributed by atoms with Crippen molar-refractivity contribution < 1.29 is 13.5 Å². The highest BCUT2D eigenvalue weighted by molar-refractivity contribution is 7.89. The SMILES string of the molecule is O=S(=O)(NCC(O)c1c(Cl)cccc1Cl)c1cnc[nH]1. The standard InChI is InChI=1S/C11H11Cl2N3O3S/c12-7-2-1-3-8(13)11(7)9(17)4-16-20(18,19)10-5-14-6-15-10/h1-3,5-6,9,16-17H,4H2,(H,14,15). The average Bonchev–Trinajstić information content (AvgIpc) is 2.91. The first kappa shape index (κ1) is 15.3. The highest BCUT2D eigenvalue weighted by Gasteiger charge is 2.20. The van der Waals surface area contributed by atoms with E-state index >= 15 is 0 Å². The van der Waals surface area contributed by atoms with E-state index in [0.717, 1.165) is 6.20 Å². The zero-order valence-electron chi connectivity index (χ0n) is 10.0. The number of H-pyrrole nitrogens is 1. The molecule has 2 rings (SSSR count). The van der Waals surface area contributed by atoms with Crippen LogP contribution in [0.2, 0.25) is 10.0 Å². The van der Waals surface area contributed by atoms with E-state index in [1.165, 1.54) is 6.33 Å². The minimum Gasteiger partial charge on any atom is -0.387 e. The quantitative estimate of drug-likeness (QED) is 0.775. The van der Waals surface area contributed by atoms with Crippen molar-refractivity contribution in [3.63, 3.8) is 0 Å². The topological polar surface area (TPSA) is 95.1 Å². The van der Waals surface area contributed by atoms with Crippen LogP contribution in [0.5, 0.6) is 0 Å². The van der Waals surface area contributed by atoms with Crippen molar-refractivity contribution in [2.45, 2.75) is 11.1 Å². The van der Waals surface area contributed by atoms with Gasteiger partial charge in [-0.2, -0.15) is 0 Å². The summed E-state index contributed by atoms with van der Waals surface area (Å²) in [5.41, 5.74) is 0.281. The largest absolute Gasteiger partial charge is 0.387 e. The van der Waals surface area contributed by atoms with Crippen LogP contribution in [-0.2, 0) is 10.0 Å². The van der Waals surface area contributed by atoms with E-state index in [-0.39, 0.29) is 27.2 Å². The number of aromatic amines is 1. The first-order chi connectivity index (χ1) is 9.42. The number of hydrogen-bond acceptors (Lipinski definition) is 4. The van der Waals surface area contributed by atoms with Gasteiger partial charge in [-0.25, -0.2) is 18.1 Å². The van der Waals surface area contributed by atoms with Crippen LogP contribution in [0.15, 0.2) is 35.7 Å². The van der Waals surface area contributed by atoms with E-state index in [2.05, 4.69) is 14.7 Å². The van der Waals surface area contributed by atoms with Gasteiger partial charge in [0.2, 0.25) is 0 Å². The third-order valence-corrected chi connectivity index (χ3v) is 4.57. The Morgan fingerprint density at radius 2 is 2.00 bits per heavy atom. The fourth-order valence-corrected chi connectivity index (χ4v) is 3.18. The van der Waals surface area contributed by atoms with Crippen LogP contribution < -0.4 is 4.72 Å². The molecule has 1 atom stereocenters. The average molecular weight is 336 g/mol. The van der Waals surface area contributed by atoms with Gasteiger partial charge >= 0.3 is 0 Å². The van der Waals surface area contributed by atoms with Gasteiger partial charge in [0.25, 0.3) is 10.0 Å². The van der Waals surface area contributed by atoms with Crippen molar-refractivity contribution in [1.29, 1.82) is 0 Å². The van der Waals surface area contributed by atoms with Crippen LogP contribution in [0.25, 0.3) is 0 Å². The first-order valence-electron chi connectivity index (χ1n) is 5.52. The van der Waals surface area contributed by atoms with E-state index in [9.17, 15) is 13.5 Å². The highest BCUT2D eigenvalue weighted by Crippen LogP contribution is 2.29. The van der Waals surface area contributed by atoms with Crippen LogP contribution >= 0.6 is 23.2 Å². The van der Waals surface area contributed by atoms with Crippen molar-refractivity contribution >= 4 is 33.2 Å². The van der Waals surface area contributed by atoms with Crippen LogP contribution in [0.1, 0.15) is 11.7 Å². The molecule has 0 radical (unpaired) electrons. The number of rotatable bonds is 5. The van der Waals surface area contributed by atoms with Gasteiger partial charge in [-0.05, 0) is 12.1 Å². The highest BCUT2D eigenvalue weighted by atomic mass is 35.5.